The van der Waals surface area contributed by atoms with Gasteiger partial charge in [0.25, 0.3) is 5.56 Å². The summed E-state index contributed by atoms with van der Waals surface area (Å²) < 4.78 is 41.6. The molecule has 0 saturated carbocycles. The van der Waals surface area contributed by atoms with Gasteiger partial charge in [-0.2, -0.15) is 14.1 Å². The third kappa shape index (κ3) is 4.56. The van der Waals surface area contributed by atoms with E-state index < -0.39 is 21.1 Å². The van der Waals surface area contributed by atoms with Gasteiger partial charge in [0.2, 0.25) is 10.0 Å². The number of nitrogens with zero attached hydrogens (tertiary/aromatic N) is 4. The van der Waals surface area contributed by atoms with Gasteiger partial charge in [0.1, 0.15) is 5.82 Å². The molecule has 4 rings (SSSR count). The highest BCUT2D eigenvalue weighted by atomic mass is 32.2. The lowest BCUT2D eigenvalue weighted by atomic mass is 10.0. The Morgan fingerprint density at radius 3 is 2.27 bits per heavy atom. The van der Waals surface area contributed by atoms with Crippen LogP contribution >= 0.6 is 0 Å². The summed E-state index contributed by atoms with van der Waals surface area (Å²) in [5.41, 5.74) is 2.86. The second-order valence-corrected chi connectivity index (χ2v) is 10.9. The number of benzene rings is 2. The van der Waals surface area contributed by atoms with Crippen LogP contribution in [0.2, 0.25) is 0 Å². The number of halogens is 1. The second-order valence-electron chi connectivity index (χ2n) is 8.45. The molecule has 1 aliphatic heterocycles. The highest BCUT2D eigenvalue weighted by Crippen LogP contribution is 2.29. The molecule has 1 aromatic heterocycles. The lowest BCUT2D eigenvalue weighted by Gasteiger charge is -2.36. The molecule has 0 spiro atoms. The van der Waals surface area contributed by atoms with Gasteiger partial charge in [-0.25, -0.2) is 12.8 Å². The summed E-state index contributed by atoms with van der Waals surface area (Å²) in [6.45, 7) is 6.87. The Morgan fingerprint density at radius 2 is 1.67 bits per heavy atom. The first-order valence-electron chi connectivity index (χ1n) is 10.9. The Hall–Kier alpha value is -3.04. The van der Waals surface area contributed by atoms with Crippen molar-refractivity contribution in [2.45, 2.75) is 26.0 Å². The lowest BCUT2D eigenvalue weighted by Crippen LogP contribution is -2.50. The summed E-state index contributed by atoms with van der Waals surface area (Å²) in [7, 11) is -3.34. The van der Waals surface area contributed by atoms with Crippen molar-refractivity contribution in [3.05, 3.63) is 76.5 Å². The van der Waals surface area contributed by atoms with E-state index in [0.717, 1.165) is 11.1 Å². The van der Waals surface area contributed by atoms with Gasteiger partial charge in [-0.3, -0.25) is 4.79 Å². The van der Waals surface area contributed by atoms with Gasteiger partial charge in [0, 0.05) is 26.2 Å². The van der Waals surface area contributed by atoms with E-state index in [2.05, 4.69) is 5.10 Å². The molecule has 1 fully saturated rings. The summed E-state index contributed by atoms with van der Waals surface area (Å²) >= 11 is 0. The fourth-order valence-electron chi connectivity index (χ4n) is 3.95. The SMILES string of the molecule is Cc1ccc(-c2c(N3CCN(S(=O)(=O)C(C)C)CC3)cnn(-c3cccc(F)c3)c2=O)cc1. The largest absolute Gasteiger partial charge is 0.367 e. The summed E-state index contributed by atoms with van der Waals surface area (Å²) in [6.07, 6.45) is 1.61. The molecule has 0 amide bonds. The number of hydrogen-bond donors (Lipinski definition) is 0. The van der Waals surface area contributed by atoms with Gasteiger partial charge < -0.3 is 4.90 Å². The number of aromatic nitrogens is 2. The van der Waals surface area contributed by atoms with Crippen LogP contribution in [-0.4, -0.2) is 53.9 Å². The van der Waals surface area contributed by atoms with E-state index in [1.807, 2.05) is 36.1 Å². The molecule has 33 heavy (non-hydrogen) atoms. The maximum atomic E-state index is 13.8. The highest BCUT2D eigenvalue weighted by Gasteiger charge is 2.31. The van der Waals surface area contributed by atoms with Crippen molar-refractivity contribution in [3.63, 3.8) is 0 Å². The van der Waals surface area contributed by atoms with Crippen molar-refractivity contribution >= 4 is 15.7 Å². The summed E-state index contributed by atoms with van der Waals surface area (Å²) in [4.78, 5) is 15.6. The van der Waals surface area contributed by atoms with Gasteiger partial charge in [-0.15, -0.1) is 0 Å². The van der Waals surface area contributed by atoms with Crippen molar-refractivity contribution in [1.29, 1.82) is 0 Å². The van der Waals surface area contributed by atoms with E-state index >= 15 is 0 Å². The van der Waals surface area contributed by atoms with Crippen LogP contribution in [0.1, 0.15) is 19.4 Å². The van der Waals surface area contributed by atoms with E-state index in [0.29, 0.717) is 43.1 Å². The van der Waals surface area contributed by atoms with Crippen LogP contribution in [-0.2, 0) is 10.0 Å². The molecule has 1 saturated heterocycles. The van der Waals surface area contributed by atoms with Gasteiger partial charge in [-0.1, -0.05) is 35.9 Å². The zero-order chi connectivity index (χ0) is 23.8. The average molecular weight is 471 g/mol. The molecule has 0 unspecified atom stereocenters. The van der Waals surface area contributed by atoms with E-state index in [1.54, 1.807) is 26.1 Å². The maximum Gasteiger partial charge on any atom is 0.281 e. The zero-order valence-electron chi connectivity index (χ0n) is 18.9. The van der Waals surface area contributed by atoms with Gasteiger partial charge in [0.15, 0.2) is 0 Å². The number of hydrogen-bond acceptors (Lipinski definition) is 5. The predicted molar refractivity (Wildman–Crippen MR) is 128 cm³/mol. The first-order valence-corrected chi connectivity index (χ1v) is 12.4. The van der Waals surface area contributed by atoms with Gasteiger partial charge >= 0.3 is 0 Å². The highest BCUT2D eigenvalue weighted by molar-refractivity contribution is 7.89. The smallest absolute Gasteiger partial charge is 0.281 e. The van der Waals surface area contributed by atoms with Gasteiger partial charge in [0.05, 0.1) is 28.4 Å². The van der Waals surface area contributed by atoms with E-state index in [1.165, 1.54) is 27.2 Å². The first-order chi connectivity index (χ1) is 15.7. The molecule has 1 aliphatic rings. The van der Waals surface area contributed by atoms with Crippen molar-refractivity contribution in [3.8, 4) is 16.8 Å². The molecule has 0 N–H and O–H groups in total. The van der Waals surface area contributed by atoms with E-state index in [9.17, 15) is 17.6 Å². The number of anilines is 1. The maximum absolute atomic E-state index is 13.8. The Labute approximate surface area is 193 Å². The normalized spacial score (nSPS) is 15.2. The molecule has 9 heteroatoms. The van der Waals surface area contributed by atoms with E-state index in [4.69, 9.17) is 0 Å². The third-order valence-corrected chi connectivity index (χ3v) is 8.16. The summed E-state index contributed by atoms with van der Waals surface area (Å²) in [6, 6.07) is 13.4. The average Bonchev–Trinajstić information content (AvgIpc) is 2.79. The molecule has 0 atom stereocenters. The Morgan fingerprint density at radius 1 is 1.00 bits per heavy atom. The Bertz CT molecular complexity index is 1310. The van der Waals surface area contributed by atoms with Crippen LogP contribution in [0.3, 0.4) is 0 Å². The third-order valence-electron chi connectivity index (χ3n) is 5.89. The quantitative estimate of drug-likeness (QED) is 0.573. The first kappa shape index (κ1) is 23.1. The molecular formula is C24H27FN4O3S. The summed E-state index contributed by atoms with van der Waals surface area (Å²) in [5, 5.41) is 3.85. The van der Waals surface area contributed by atoms with Crippen LogP contribution in [0, 0.1) is 12.7 Å². The fraction of sp³-hybridized carbons (Fsp3) is 0.333. The molecule has 2 aromatic carbocycles. The van der Waals surface area contributed by atoms with Crippen molar-refractivity contribution in [2.75, 3.05) is 31.1 Å². The molecule has 7 nitrogen and oxygen atoms in total. The molecule has 0 bridgehead atoms. The van der Waals surface area contributed by atoms with E-state index in [-0.39, 0.29) is 5.56 Å². The molecule has 3 aromatic rings. The molecular weight excluding hydrogens is 443 g/mol. The van der Waals surface area contributed by atoms with Crippen LogP contribution in [0.5, 0.6) is 0 Å². The molecule has 174 valence electrons. The number of aryl methyl sites for hydroxylation is 1. The van der Waals surface area contributed by atoms with Crippen molar-refractivity contribution in [2.24, 2.45) is 0 Å². The van der Waals surface area contributed by atoms with Crippen LogP contribution < -0.4 is 10.5 Å². The van der Waals surface area contributed by atoms with Crippen molar-refractivity contribution in [1.82, 2.24) is 14.1 Å². The monoisotopic (exact) mass is 470 g/mol. The Balaban J connectivity index is 1.77. The minimum atomic E-state index is -3.34. The van der Waals surface area contributed by atoms with Crippen LogP contribution in [0.15, 0.2) is 59.5 Å². The van der Waals surface area contributed by atoms with Crippen LogP contribution in [0.4, 0.5) is 10.1 Å². The van der Waals surface area contributed by atoms with Gasteiger partial charge in [-0.05, 0) is 44.5 Å². The lowest BCUT2D eigenvalue weighted by molar-refractivity contribution is 0.381. The van der Waals surface area contributed by atoms with Crippen LogP contribution in [0.25, 0.3) is 16.8 Å². The molecule has 2 heterocycles. The number of rotatable bonds is 5. The second kappa shape index (κ2) is 9.07. The molecule has 0 aliphatic carbocycles. The number of piperazine rings is 1. The topological polar surface area (TPSA) is 75.5 Å². The Kier molecular flexibility index (Phi) is 6.36. The number of sulfonamides is 1. The fourth-order valence-corrected chi connectivity index (χ4v) is 5.22. The summed E-state index contributed by atoms with van der Waals surface area (Å²) in [5.74, 6) is -0.454. The minimum absolute atomic E-state index is 0.334. The zero-order valence-corrected chi connectivity index (χ0v) is 19.7. The predicted octanol–water partition coefficient (Wildman–Crippen LogP) is 3.21. The minimum Gasteiger partial charge on any atom is -0.367 e. The van der Waals surface area contributed by atoms with Crippen molar-refractivity contribution < 1.29 is 12.8 Å². The standard InChI is InChI=1S/C24H27FN4O3S/c1-17(2)33(31,32)28-13-11-27(12-14-28)22-16-26-29(21-6-4-5-20(25)15-21)24(30)23(22)19-9-7-18(3)8-10-19/h4-10,15-17H,11-14H2,1-3H3. The molecule has 0 radical (unpaired) electrons.